The van der Waals surface area contributed by atoms with Crippen LogP contribution in [-0.2, 0) is 33.3 Å². The first kappa shape index (κ1) is 34.3. The van der Waals surface area contributed by atoms with E-state index in [4.69, 9.17) is 23.7 Å². The first-order valence-electron chi connectivity index (χ1n) is 13.0. The van der Waals surface area contributed by atoms with Gasteiger partial charge >= 0.3 is 0 Å². The molecule has 2 amide bonds. The Hall–Kier alpha value is -1.23. The summed E-state index contributed by atoms with van der Waals surface area (Å²) in [6, 6.07) is -2.40. The van der Waals surface area contributed by atoms with Crippen molar-refractivity contribution in [1.82, 2.24) is 10.6 Å². The Bertz CT molecular complexity index is 873. The Morgan fingerprint density at radius 3 is 1.63 bits per heavy atom. The Morgan fingerprint density at radius 1 is 0.659 bits per heavy atom. The van der Waals surface area contributed by atoms with Crippen LogP contribution in [0, 0.1) is 0 Å². The van der Waals surface area contributed by atoms with Gasteiger partial charge in [0.05, 0.1) is 25.9 Å². The van der Waals surface area contributed by atoms with Gasteiger partial charge in [0.1, 0.15) is 72.5 Å². The molecule has 0 bridgehead atoms. The third kappa shape index (κ3) is 7.65. The van der Waals surface area contributed by atoms with E-state index in [0.29, 0.717) is 0 Å². The summed E-state index contributed by atoms with van der Waals surface area (Å²) in [6.07, 6.45) is -16.8. The number of amides is 2. The van der Waals surface area contributed by atoms with Crippen LogP contribution in [0.5, 0.6) is 0 Å². The van der Waals surface area contributed by atoms with E-state index in [9.17, 15) is 50.4 Å². The second kappa shape index (κ2) is 15.0. The zero-order valence-corrected chi connectivity index (χ0v) is 23.4. The molecule has 3 saturated heterocycles. The molecular formula is C23H40N2O15S. The standard InChI is InChI=1S/C23H40N2O15S/c1-7(29)24-12-15(32)19(40-22-18(35)17(34)14(31)9(4-26)36-22)10(5-27)37-21(12)39-20-11(6-28)38-23(41-3)13(16(20)33)25-8(2)30/h9-23,26-28,31-35H,4-6H2,1-3H3,(H,24,29)(H,25,30)/t9-,10-,11-,12-,13-,14+,15-,16-,17+,18-,19-,20-,21+,22+,23+/m1/s1. The normalized spacial score (nSPS) is 45.2. The van der Waals surface area contributed by atoms with E-state index in [1.165, 1.54) is 18.7 Å². The van der Waals surface area contributed by atoms with Gasteiger partial charge in [-0.25, -0.2) is 0 Å². The molecule has 3 rings (SSSR count). The van der Waals surface area contributed by atoms with Crippen LogP contribution in [0.15, 0.2) is 0 Å². The summed E-state index contributed by atoms with van der Waals surface area (Å²) in [5, 5.41) is 87.4. The van der Waals surface area contributed by atoms with Gasteiger partial charge in [0.2, 0.25) is 11.8 Å². The molecule has 15 atom stereocenters. The summed E-state index contributed by atoms with van der Waals surface area (Å²) < 4.78 is 28.6. The van der Waals surface area contributed by atoms with E-state index in [0.717, 1.165) is 6.92 Å². The van der Waals surface area contributed by atoms with Gasteiger partial charge in [0, 0.05) is 13.8 Å². The van der Waals surface area contributed by atoms with Crippen LogP contribution in [0.1, 0.15) is 13.8 Å². The van der Waals surface area contributed by atoms with E-state index in [2.05, 4.69) is 10.6 Å². The molecule has 3 aliphatic rings. The minimum atomic E-state index is -1.83. The highest BCUT2D eigenvalue weighted by molar-refractivity contribution is 7.99. The molecule has 0 aromatic carbocycles. The van der Waals surface area contributed by atoms with E-state index in [-0.39, 0.29) is 0 Å². The molecule has 0 aliphatic carbocycles. The van der Waals surface area contributed by atoms with E-state index in [1.807, 2.05) is 0 Å². The SMILES string of the molecule is CS[C@@H]1O[C@H](CO)[C@@H](O[C@@H]2O[C@H](CO)[C@@H](O[C@@H]3O[C@H](CO)[C@H](O)[C@H](O)[C@H]3O)[C@H](O)[C@H]2NC(C)=O)[C@H](O)[C@H]1NC(C)=O. The maximum absolute atomic E-state index is 12.1. The molecule has 0 aromatic rings. The number of thioether (sulfide) groups is 1. The molecule has 41 heavy (non-hydrogen) atoms. The maximum Gasteiger partial charge on any atom is 0.217 e. The molecule has 3 fully saturated rings. The van der Waals surface area contributed by atoms with E-state index in [1.54, 1.807) is 6.26 Å². The van der Waals surface area contributed by atoms with Gasteiger partial charge in [-0.3, -0.25) is 9.59 Å². The summed E-state index contributed by atoms with van der Waals surface area (Å²) in [7, 11) is 0. The molecule has 18 heteroatoms. The van der Waals surface area contributed by atoms with Gasteiger partial charge in [-0.1, -0.05) is 0 Å². The first-order chi connectivity index (χ1) is 19.4. The highest BCUT2D eigenvalue weighted by Gasteiger charge is 2.54. The van der Waals surface area contributed by atoms with Crippen molar-refractivity contribution in [3.8, 4) is 0 Å². The number of aliphatic hydroxyl groups is 8. The molecule has 238 valence electrons. The van der Waals surface area contributed by atoms with Crippen molar-refractivity contribution in [2.24, 2.45) is 0 Å². The summed E-state index contributed by atoms with van der Waals surface area (Å²) in [5.74, 6) is -1.11. The molecule has 0 unspecified atom stereocenters. The lowest BCUT2D eigenvalue weighted by Gasteiger charge is -2.49. The Balaban J connectivity index is 1.86. The second-order valence-corrected chi connectivity index (χ2v) is 11.0. The second-order valence-electron chi connectivity index (χ2n) is 10.0. The first-order valence-corrected chi connectivity index (χ1v) is 14.2. The monoisotopic (exact) mass is 616 g/mol. The molecule has 0 aromatic heterocycles. The van der Waals surface area contributed by atoms with Crippen molar-refractivity contribution < 1.29 is 74.1 Å². The minimum Gasteiger partial charge on any atom is -0.394 e. The number of aliphatic hydroxyl groups excluding tert-OH is 8. The highest BCUT2D eigenvalue weighted by Crippen LogP contribution is 2.34. The third-order valence-electron chi connectivity index (χ3n) is 7.11. The summed E-state index contributed by atoms with van der Waals surface area (Å²) >= 11 is 1.18. The average Bonchev–Trinajstić information content (AvgIpc) is 2.93. The van der Waals surface area contributed by atoms with Crippen LogP contribution >= 0.6 is 11.8 Å². The average molecular weight is 617 g/mol. The maximum atomic E-state index is 12.1. The number of hydrogen-bond donors (Lipinski definition) is 10. The molecule has 3 heterocycles. The quantitative estimate of drug-likeness (QED) is 0.109. The van der Waals surface area contributed by atoms with Gasteiger partial charge in [0.15, 0.2) is 12.6 Å². The van der Waals surface area contributed by atoms with Crippen LogP contribution in [0.25, 0.3) is 0 Å². The zero-order chi connectivity index (χ0) is 30.6. The smallest absolute Gasteiger partial charge is 0.217 e. The van der Waals surface area contributed by atoms with Gasteiger partial charge in [-0.05, 0) is 6.26 Å². The van der Waals surface area contributed by atoms with Gasteiger partial charge < -0.3 is 75.2 Å². The van der Waals surface area contributed by atoms with Crippen LogP contribution in [-0.4, -0.2) is 170 Å². The predicted molar refractivity (Wildman–Crippen MR) is 136 cm³/mol. The summed E-state index contributed by atoms with van der Waals surface area (Å²) in [5.41, 5.74) is -0.753. The molecule has 3 aliphatic heterocycles. The molecule has 0 saturated carbocycles. The fraction of sp³-hybridized carbons (Fsp3) is 0.913. The van der Waals surface area contributed by atoms with Gasteiger partial charge in [-0.15, -0.1) is 11.8 Å². The number of rotatable bonds is 10. The number of carbonyl (C=O) groups is 2. The van der Waals surface area contributed by atoms with Crippen molar-refractivity contribution in [2.45, 2.75) is 105 Å². The topological polar surface area (TPSA) is 266 Å². The number of ether oxygens (including phenoxy) is 5. The highest BCUT2D eigenvalue weighted by atomic mass is 32.2. The minimum absolute atomic E-state index is 0.466. The summed E-state index contributed by atoms with van der Waals surface area (Å²) in [6.45, 7) is 0.240. The van der Waals surface area contributed by atoms with Crippen molar-refractivity contribution in [3.05, 3.63) is 0 Å². The van der Waals surface area contributed by atoms with Crippen LogP contribution in [0.4, 0.5) is 0 Å². The number of hydrogen-bond acceptors (Lipinski definition) is 16. The molecular weight excluding hydrogens is 576 g/mol. The predicted octanol–water partition coefficient (Wildman–Crippen LogP) is -5.91. The Kier molecular flexibility index (Phi) is 12.5. The Morgan fingerprint density at radius 2 is 1.12 bits per heavy atom. The number of nitrogens with one attached hydrogen (secondary N) is 2. The van der Waals surface area contributed by atoms with Crippen LogP contribution in [0.2, 0.25) is 0 Å². The summed E-state index contributed by atoms with van der Waals surface area (Å²) in [4.78, 5) is 23.8. The molecule has 17 nitrogen and oxygen atoms in total. The lowest BCUT2D eigenvalue weighted by molar-refractivity contribution is -0.356. The van der Waals surface area contributed by atoms with E-state index >= 15 is 0 Å². The zero-order valence-electron chi connectivity index (χ0n) is 22.6. The van der Waals surface area contributed by atoms with Gasteiger partial charge in [-0.2, -0.15) is 0 Å². The van der Waals surface area contributed by atoms with Gasteiger partial charge in [0.25, 0.3) is 0 Å². The van der Waals surface area contributed by atoms with Crippen LogP contribution < -0.4 is 10.6 Å². The Labute approximate surface area is 239 Å². The third-order valence-corrected chi connectivity index (χ3v) is 7.98. The molecule has 0 spiro atoms. The van der Waals surface area contributed by atoms with Crippen molar-refractivity contribution >= 4 is 23.6 Å². The van der Waals surface area contributed by atoms with E-state index < -0.39 is 123 Å². The van der Waals surface area contributed by atoms with Crippen LogP contribution in [0.3, 0.4) is 0 Å². The fourth-order valence-electron chi connectivity index (χ4n) is 5.05. The van der Waals surface area contributed by atoms with Crippen molar-refractivity contribution in [2.75, 3.05) is 26.1 Å². The van der Waals surface area contributed by atoms with Crippen molar-refractivity contribution in [1.29, 1.82) is 0 Å². The number of carbonyl (C=O) groups excluding carboxylic acids is 2. The lowest BCUT2D eigenvalue weighted by Crippen LogP contribution is -2.70. The largest absolute Gasteiger partial charge is 0.394 e. The van der Waals surface area contributed by atoms with Crippen molar-refractivity contribution in [3.63, 3.8) is 0 Å². The molecule has 10 N–H and O–H groups in total. The molecule has 0 radical (unpaired) electrons. The lowest BCUT2D eigenvalue weighted by atomic mass is 9.94. The fourth-order valence-corrected chi connectivity index (χ4v) is 5.83.